The van der Waals surface area contributed by atoms with Crippen molar-refractivity contribution < 1.29 is 13.2 Å². The molecular weight excluding hydrogens is 326 g/mol. The van der Waals surface area contributed by atoms with Gasteiger partial charge >= 0.3 is 0 Å². The predicted octanol–water partition coefficient (Wildman–Crippen LogP) is 0.847. The van der Waals surface area contributed by atoms with E-state index in [1.54, 1.807) is 18.2 Å². The first-order valence-corrected chi connectivity index (χ1v) is 10.0. The third-order valence-corrected chi connectivity index (χ3v) is 6.52. The van der Waals surface area contributed by atoms with Gasteiger partial charge in [0.25, 0.3) is 0 Å². The van der Waals surface area contributed by atoms with Crippen molar-refractivity contribution in [3.8, 4) is 0 Å². The predicted molar refractivity (Wildman–Crippen MR) is 91.7 cm³/mol. The second-order valence-corrected chi connectivity index (χ2v) is 8.55. The summed E-state index contributed by atoms with van der Waals surface area (Å²) >= 11 is 0. The number of amides is 1. The number of hydrogen-bond donors (Lipinski definition) is 3. The molecule has 24 heavy (non-hydrogen) atoms. The molecule has 0 radical (unpaired) electrons. The zero-order valence-electron chi connectivity index (χ0n) is 13.9. The molecule has 1 amide bonds. The minimum absolute atomic E-state index is 0.0976. The summed E-state index contributed by atoms with van der Waals surface area (Å²) in [6.45, 7) is 2.48. The van der Waals surface area contributed by atoms with Crippen LogP contribution in [0.3, 0.4) is 0 Å². The molecule has 1 saturated heterocycles. The molecule has 1 aromatic rings. The quantitative estimate of drug-likeness (QED) is 0.709. The average Bonchev–Trinajstić information content (AvgIpc) is 3.41. The second kappa shape index (κ2) is 7.21. The summed E-state index contributed by atoms with van der Waals surface area (Å²) in [7, 11) is -2.07. The van der Waals surface area contributed by atoms with Crippen LogP contribution in [0.1, 0.15) is 24.8 Å². The van der Waals surface area contributed by atoms with Crippen LogP contribution < -0.4 is 15.4 Å². The number of carbonyl (C=O) groups is 1. The second-order valence-electron chi connectivity index (χ2n) is 6.67. The van der Waals surface area contributed by atoms with Crippen molar-refractivity contribution in [2.24, 2.45) is 17.8 Å². The molecule has 1 aromatic carbocycles. The third-order valence-electron chi connectivity index (χ3n) is 5.11. The van der Waals surface area contributed by atoms with Gasteiger partial charge in [0.1, 0.15) is 0 Å². The lowest BCUT2D eigenvalue weighted by Gasteiger charge is -2.22. The Hall–Kier alpha value is -1.44. The lowest BCUT2D eigenvalue weighted by atomic mass is 9.92. The summed E-state index contributed by atoms with van der Waals surface area (Å²) in [5.41, 5.74) is 0.791. The largest absolute Gasteiger partial charge is 0.352 e. The van der Waals surface area contributed by atoms with Crippen LogP contribution in [0.4, 0.5) is 0 Å². The molecular formula is C17H25N3O3S. The molecule has 7 heteroatoms. The Morgan fingerprint density at radius 3 is 2.75 bits per heavy atom. The van der Waals surface area contributed by atoms with Gasteiger partial charge < -0.3 is 10.6 Å². The van der Waals surface area contributed by atoms with Gasteiger partial charge in [0.15, 0.2) is 0 Å². The van der Waals surface area contributed by atoms with E-state index in [9.17, 15) is 13.2 Å². The molecule has 0 unspecified atom stereocenters. The first-order valence-electron chi connectivity index (χ1n) is 8.52. The minimum Gasteiger partial charge on any atom is -0.352 e. The molecule has 132 valence electrons. The summed E-state index contributed by atoms with van der Waals surface area (Å²) in [6, 6.07) is 6.67. The Morgan fingerprint density at radius 2 is 2.04 bits per heavy atom. The van der Waals surface area contributed by atoms with Gasteiger partial charge in [-0.15, -0.1) is 0 Å². The zero-order valence-corrected chi connectivity index (χ0v) is 14.7. The van der Waals surface area contributed by atoms with Crippen molar-refractivity contribution in [2.75, 3.05) is 20.1 Å². The van der Waals surface area contributed by atoms with Crippen molar-refractivity contribution in [1.82, 2.24) is 15.4 Å². The van der Waals surface area contributed by atoms with E-state index in [-0.39, 0.29) is 16.7 Å². The fourth-order valence-corrected chi connectivity index (χ4v) is 4.37. The number of rotatable bonds is 6. The maximum Gasteiger partial charge on any atom is 0.240 e. The molecule has 1 heterocycles. The normalized spacial score (nSPS) is 24.5. The van der Waals surface area contributed by atoms with Crippen molar-refractivity contribution in [2.45, 2.75) is 30.7 Å². The summed E-state index contributed by atoms with van der Waals surface area (Å²) in [6.07, 6.45) is 3.32. The topological polar surface area (TPSA) is 87.3 Å². The molecule has 2 aliphatic rings. The Labute approximate surface area is 143 Å². The maximum atomic E-state index is 12.3. The van der Waals surface area contributed by atoms with E-state index in [1.165, 1.54) is 19.9 Å². The van der Waals surface area contributed by atoms with E-state index < -0.39 is 10.0 Å². The van der Waals surface area contributed by atoms with E-state index in [2.05, 4.69) is 15.4 Å². The lowest BCUT2D eigenvalue weighted by Crippen LogP contribution is -2.31. The van der Waals surface area contributed by atoms with E-state index in [4.69, 9.17) is 0 Å². The Morgan fingerprint density at radius 1 is 1.29 bits per heavy atom. The highest BCUT2D eigenvalue weighted by molar-refractivity contribution is 7.89. The van der Waals surface area contributed by atoms with Gasteiger partial charge in [-0.2, -0.15) is 0 Å². The van der Waals surface area contributed by atoms with Crippen LogP contribution in [0, 0.1) is 17.8 Å². The first kappa shape index (κ1) is 17.4. The maximum absolute atomic E-state index is 12.3. The molecule has 6 nitrogen and oxygen atoms in total. The van der Waals surface area contributed by atoms with Crippen molar-refractivity contribution in [3.05, 3.63) is 29.8 Å². The van der Waals surface area contributed by atoms with Crippen molar-refractivity contribution >= 4 is 15.9 Å². The molecule has 1 aliphatic heterocycles. The Balaban J connectivity index is 1.53. The number of nitrogens with one attached hydrogen (secondary N) is 3. The van der Waals surface area contributed by atoms with Crippen LogP contribution in [-0.4, -0.2) is 34.5 Å². The fraction of sp³-hybridized carbons (Fsp3) is 0.588. The Kier molecular flexibility index (Phi) is 5.22. The van der Waals surface area contributed by atoms with Crippen LogP contribution in [0.25, 0.3) is 0 Å². The lowest BCUT2D eigenvalue weighted by molar-refractivity contribution is -0.123. The van der Waals surface area contributed by atoms with Crippen LogP contribution in [0.5, 0.6) is 0 Å². The molecule has 0 aromatic heterocycles. The number of carbonyl (C=O) groups excluding carboxylic acids is 1. The molecule has 2 fully saturated rings. The number of hydrogen-bond acceptors (Lipinski definition) is 4. The van der Waals surface area contributed by atoms with Gasteiger partial charge in [-0.3, -0.25) is 4.79 Å². The molecule has 0 spiro atoms. The molecule has 2 atom stereocenters. The van der Waals surface area contributed by atoms with Gasteiger partial charge in [-0.25, -0.2) is 13.1 Å². The monoisotopic (exact) mass is 351 g/mol. The smallest absolute Gasteiger partial charge is 0.240 e. The van der Waals surface area contributed by atoms with Gasteiger partial charge in [0.2, 0.25) is 15.9 Å². The highest BCUT2D eigenvalue weighted by Crippen LogP contribution is 2.47. The summed E-state index contributed by atoms with van der Waals surface area (Å²) in [5, 5.41) is 6.31. The van der Waals surface area contributed by atoms with E-state index in [0.29, 0.717) is 18.4 Å². The van der Waals surface area contributed by atoms with Crippen LogP contribution in [-0.2, 0) is 21.4 Å². The molecule has 1 aliphatic carbocycles. The highest BCUT2D eigenvalue weighted by Gasteiger charge is 2.47. The number of sulfonamides is 1. The van der Waals surface area contributed by atoms with Gasteiger partial charge in [-0.05, 0) is 68.9 Å². The average molecular weight is 351 g/mol. The minimum atomic E-state index is -3.46. The fourth-order valence-electron chi connectivity index (χ4n) is 3.57. The van der Waals surface area contributed by atoms with Crippen molar-refractivity contribution in [1.29, 1.82) is 0 Å². The Bertz CT molecular complexity index is 699. The number of benzene rings is 1. The van der Waals surface area contributed by atoms with Gasteiger partial charge in [0, 0.05) is 12.5 Å². The van der Waals surface area contributed by atoms with E-state index >= 15 is 0 Å². The molecule has 1 saturated carbocycles. The van der Waals surface area contributed by atoms with Gasteiger partial charge in [-0.1, -0.05) is 12.1 Å². The van der Waals surface area contributed by atoms with E-state index in [1.807, 2.05) is 6.07 Å². The zero-order chi connectivity index (χ0) is 17.2. The SMILES string of the molecule is CNS(=O)(=O)c1cccc(CNC(=O)[C@@H]2C[C@H]2C2CCNCC2)c1. The number of piperidine rings is 1. The standard InChI is InChI=1S/C17H25N3O3S/c1-18-24(22,23)14-4-2-3-12(9-14)11-20-17(21)16-10-15(16)13-5-7-19-8-6-13/h2-4,9,13,15-16,18-19H,5-8,10-11H2,1H3,(H,20,21)/t15-,16+/m0/s1. The molecule has 3 rings (SSSR count). The molecule has 3 N–H and O–H groups in total. The van der Waals surface area contributed by atoms with Crippen LogP contribution >= 0.6 is 0 Å². The highest BCUT2D eigenvalue weighted by atomic mass is 32.2. The first-order chi connectivity index (χ1) is 11.5. The van der Waals surface area contributed by atoms with Gasteiger partial charge in [0.05, 0.1) is 4.90 Å². The summed E-state index contributed by atoms with van der Waals surface area (Å²) in [5.74, 6) is 1.44. The van der Waals surface area contributed by atoms with Crippen LogP contribution in [0.2, 0.25) is 0 Å². The van der Waals surface area contributed by atoms with Crippen LogP contribution in [0.15, 0.2) is 29.2 Å². The van der Waals surface area contributed by atoms with E-state index in [0.717, 1.165) is 25.1 Å². The summed E-state index contributed by atoms with van der Waals surface area (Å²) in [4.78, 5) is 12.5. The third kappa shape index (κ3) is 3.96. The summed E-state index contributed by atoms with van der Waals surface area (Å²) < 4.78 is 25.9. The molecule has 0 bridgehead atoms. The van der Waals surface area contributed by atoms with Crippen molar-refractivity contribution in [3.63, 3.8) is 0 Å².